The Hall–Kier alpha value is -0.520. The van der Waals surface area contributed by atoms with Crippen molar-refractivity contribution in [1.82, 2.24) is 5.32 Å². The average Bonchev–Trinajstić information content (AvgIpc) is 2.33. The Kier molecular flexibility index (Phi) is 5.69. The number of halogens is 3. The minimum absolute atomic E-state index is 0. The molecule has 4 nitrogen and oxygen atoms in total. The molecule has 0 aromatic heterocycles. The molecule has 1 heterocycles. The van der Waals surface area contributed by atoms with Gasteiger partial charge >= 0.3 is 5.97 Å². The molecule has 0 amide bonds. The van der Waals surface area contributed by atoms with Crippen molar-refractivity contribution < 1.29 is 14.6 Å². The van der Waals surface area contributed by atoms with Crippen LogP contribution < -0.4 is 5.32 Å². The third kappa shape index (κ3) is 3.49. The molecule has 2 rings (SSSR count). The maximum Gasteiger partial charge on any atom is 0.323 e. The van der Waals surface area contributed by atoms with Crippen molar-refractivity contribution in [2.24, 2.45) is 0 Å². The molecule has 2 N–H and O–H groups in total. The SMILES string of the molecule is Cl.O=C(O)C1COC(c2ccc(Cl)c(Cl)c2)CN1. The average molecular weight is 313 g/mol. The Morgan fingerprint density at radius 2 is 2.11 bits per heavy atom. The highest BCUT2D eigenvalue weighted by atomic mass is 35.5. The van der Waals surface area contributed by atoms with Crippen molar-refractivity contribution in [2.45, 2.75) is 12.1 Å². The molecule has 1 aromatic rings. The van der Waals surface area contributed by atoms with E-state index in [-0.39, 0.29) is 25.1 Å². The quantitative estimate of drug-likeness (QED) is 0.881. The van der Waals surface area contributed by atoms with Crippen LogP contribution in [-0.4, -0.2) is 30.3 Å². The largest absolute Gasteiger partial charge is 0.480 e. The van der Waals surface area contributed by atoms with Gasteiger partial charge in [-0.25, -0.2) is 0 Å². The number of benzene rings is 1. The molecule has 2 atom stereocenters. The maximum atomic E-state index is 10.7. The van der Waals surface area contributed by atoms with E-state index in [9.17, 15) is 4.79 Å². The van der Waals surface area contributed by atoms with Crippen LogP contribution >= 0.6 is 35.6 Å². The van der Waals surface area contributed by atoms with Crippen LogP contribution in [0.3, 0.4) is 0 Å². The van der Waals surface area contributed by atoms with E-state index in [4.69, 9.17) is 33.0 Å². The molecule has 0 aliphatic carbocycles. The van der Waals surface area contributed by atoms with Crippen LogP contribution in [0.2, 0.25) is 10.0 Å². The van der Waals surface area contributed by atoms with Gasteiger partial charge in [0.2, 0.25) is 0 Å². The summed E-state index contributed by atoms with van der Waals surface area (Å²) in [5, 5.41) is 12.6. The van der Waals surface area contributed by atoms with Gasteiger partial charge in [-0.3, -0.25) is 10.1 Å². The summed E-state index contributed by atoms with van der Waals surface area (Å²) in [5.41, 5.74) is 0.885. The van der Waals surface area contributed by atoms with Crippen molar-refractivity contribution >= 4 is 41.6 Å². The van der Waals surface area contributed by atoms with Crippen LogP contribution in [0, 0.1) is 0 Å². The molecule has 7 heteroatoms. The second-order valence-electron chi connectivity index (χ2n) is 3.79. The van der Waals surface area contributed by atoms with Gasteiger partial charge in [-0.2, -0.15) is 0 Å². The summed E-state index contributed by atoms with van der Waals surface area (Å²) in [6.45, 7) is 0.579. The summed E-state index contributed by atoms with van der Waals surface area (Å²) in [5.74, 6) is -0.905. The monoisotopic (exact) mass is 311 g/mol. The van der Waals surface area contributed by atoms with Gasteiger partial charge < -0.3 is 9.84 Å². The zero-order valence-corrected chi connectivity index (χ0v) is 11.6. The highest BCUT2D eigenvalue weighted by molar-refractivity contribution is 6.42. The van der Waals surface area contributed by atoms with E-state index in [0.717, 1.165) is 5.56 Å². The fourth-order valence-corrected chi connectivity index (χ4v) is 1.97. The van der Waals surface area contributed by atoms with Crippen LogP contribution in [0.1, 0.15) is 11.7 Å². The minimum atomic E-state index is -0.905. The van der Waals surface area contributed by atoms with E-state index in [1.165, 1.54) is 0 Å². The highest BCUT2D eigenvalue weighted by Gasteiger charge is 2.26. The molecule has 1 aliphatic heterocycles. The molecule has 0 radical (unpaired) electrons. The zero-order chi connectivity index (χ0) is 12.4. The Balaban J connectivity index is 0.00000162. The Labute approximate surface area is 121 Å². The van der Waals surface area contributed by atoms with Gasteiger partial charge in [-0.05, 0) is 17.7 Å². The maximum absolute atomic E-state index is 10.7. The molecule has 0 spiro atoms. The van der Waals surface area contributed by atoms with Gasteiger partial charge in [0.05, 0.1) is 22.8 Å². The van der Waals surface area contributed by atoms with Crippen molar-refractivity contribution in [1.29, 1.82) is 0 Å². The van der Waals surface area contributed by atoms with Gasteiger partial charge in [0.25, 0.3) is 0 Å². The lowest BCUT2D eigenvalue weighted by molar-refractivity contribution is -0.144. The molecule has 1 saturated heterocycles. The summed E-state index contributed by atoms with van der Waals surface area (Å²) in [6, 6.07) is 4.61. The van der Waals surface area contributed by atoms with Gasteiger partial charge in [-0.15, -0.1) is 12.4 Å². The van der Waals surface area contributed by atoms with E-state index in [1.54, 1.807) is 12.1 Å². The number of carboxylic acids is 1. The summed E-state index contributed by atoms with van der Waals surface area (Å²) >= 11 is 11.7. The Morgan fingerprint density at radius 3 is 2.61 bits per heavy atom. The molecule has 100 valence electrons. The third-order valence-electron chi connectivity index (χ3n) is 2.63. The van der Waals surface area contributed by atoms with Crippen molar-refractivity contribution in [2.75, 3.05) is 13.2 Å². The van der Waals surface area contributed by atoms with Gasteiger partial charge in [0.1, 0.15) is 6.04 Å². The molecule has 0 saturated carbocycles. The zero-order valence-electron chi connectivity index (χ0n) is 9.23. The first kappa shape index (κ1) is 15.5. The second-order valence-corrected chi connectivity index (χ2v) is 4.61. The molecule has 1 aliphatic rings. The number of aliphatic carboxylic acids is 1. The normalized spacial score (nSPS) is 23.2. The van der Waals surface area contributed by atoms with Crippen molar-refractivity contribution in [3.8, 4) is 0 Å². The lowest BCUT2D eigenvalue weighted by Gasteiger charge is -2.28. The first-order valence-electron chi connectivity index (χ1n) is 5.10. The lowest BCUT2D eigenvalue weighted by Crippen LogP contribution is -2.47. The number of hydrogen-bond acceptors (Lipinski definition) is 3. The topological polar surface area (TPSA) is 58.6 Å². The van der Waals surface area contributed by atoms with Crippen molar-refractivity contribution in [3.63, 3.8) is 0 Å². The number of rotatable bonds is 2. The van der Waals surface area contributed by atoms with Gasteiger partial charge in [0.15, 0.2) is 0 Å². The Bertz CT molecular complexity index is 434. The first-order valence-corrected chi connectivity index (χ1v) is 5.86. The fraction of sp³-hybridized carbons (Fsp3) is 0.364. The number of carbonyl (C=O) groups is 1. The van der Waals surface area contributed by atoms with Crippen LogP contribution in [0.15, 0.2) is 18.2 Å². The summed E-state index contributed by atoms with van der Waals surface area (Å²) in [7, 11) is 0. The highest BCUT2D eigenvalue weighted by Crippen LogP contribution is 2.28. The molecule has 1 aromatic carbocycles. The van der Waals surface area contributed by atoms with E-state index in [2.05, 4.69) is 5.32 Å². The molecular weight excluding hydrogens is 300 g/mol. The van der Waals surface area contributed by atoms with E-state index in [0.29, 0.717) is 16.6 Å². The number of hydrogen-bond donors (Lipinski definition) is 2. The predicted octanol–water partition coefficient (Wildman–Crippen LogP) is 2.53. The van der Waals surface area contributed by atoms with Crippen LogP contribution in [0.5, 0.6) is 0 Å². The number of morpholine rings is 1. The minimum Gasteiger partial charge on any atom is -0.480 e. The second kappa shape index (κ2) is 6.59. The van der Waals surface area contributed by atoms with Crippen molar-refractivity contribution in [3.05, 3.63) is 33.8 Å². The standard InChI is InChI=1S/C11H11Cl2NO3.ClH/c12-7-2-1-6(3-8(7)13)10-4-14-9(5-17-10)11(15)16;/h1-3,9-10,14H,4-5H2,(H,15,16);1H. The van der Waals surface area contributed by atoms with Crippen LogP contribution in [0.25, 0.3) is 0 Å². The van der Waals surface area contributed by atoms with E-state index in [1.807, 2.05) is 6.07 Å². The van der Waals surface area contributed by atoms with E-state index >= 15 is 0 Å². The van der Waals surface area contributed by atoms with Crippen LogP contribution in [0.4, 0.5) is 0 Å². The summed E-state index contributed by atoms with van der Waals surface area (Å²) in [4.78, 5) is 10.7. The smallest absolute Gasteiger partial charge is 0.323 e. The molecule has 1 fully saturated rings. The fourth-order valence-electron chi connectivity index (χ4n) is 1.66. The van der Waals surface area contributed by atoms with Gasteiger partial charge in [0, 0.05) is 6.54 Å². The molecule has 0 bridgehead atoms. The molecule has 18 heavy (non-hydrogen) atoms. The van der Waals surface area contributed by atoms with Gasteiger partial charge in [-0.1, -0.05) is 29.3 Å². The Morgan fingerprint density at radius 1 is 1.39 bits per heavy atom. The number of carboxylic acid groups (broad SMARTS) is 1. The van der Waals surface area contributed by atoms with Crippen LogP contribution in [-0.2, 0) is 9.53 Å². The van der Waals surface area contributed by atoms with E-state index < -0.39 is 12.0 Å². The molecular formula is C11H12Cl3NO3. The predicted molar refractivity (Wildman–Crippen MR) is 71.8 cm³/mol. The summed E-state index contributed by atoms with van der Waals surface area (Å²) < 4.78 is 5.49. The molecule has 2 unspecified atom stereocenters. The lowest BCUT2D eigenvalue weighted by atomic mass is 10.1. The third-order valence-corrected chi connectivity index (χ3v) is 3.37. The number of nitrogens with one attached hydrogen (secondary N) is 1. The summed E-state index contributed by atoms with van der Waals surface area (Å²) in [6.07, 6.45) is -0.194. The first-order chi connectivity index (χ1) is 8.08. The number of ether oxygens (including phenoxy) is 1.